The highest BCUT2D eigenvalue weighted by molar-refractivity contribution is 7.71. The van der Waals surface area contributed by atoms with Crippen LogP contribution in [0.15, 0.2) is 6.07 Å². The molecule has 0 N–H and O–H groups in total. The second-order valence-corrected chi connectivity index (χ2v) is 6.41. The highest BCUT2D eigenvalue weighted by Crippen LogP contribution is 2.33. The lowest BCUT2D eigenvalue weighted by atomic mass is 9.98. The Labute approximate surface area is 136 Å². The molecule has 3 heterocycles. The number of piperidine rings is 1. The maximum absolute atomic E-state index is 13.0. The largest absolute Gasteiger partial charge is 0.393 e. The lowest BCUT2D eigenvalue weighted by molar-refractivity contribution is -0.188. The molecule has 2 aromatic rings. The molecule has 1 fully saturated rings. The van der Waals surface area contributed by atoms with E-state index in [2.05, 4.69) is 9.97 Å². The van der Waals surface area contributed by atoms with Crippen molar-refractivity contribution < 1.29 is 13.2 Å². The number of halogens is 3. The van der Waals surface area contributed by atoms with Crippen molar-refractivity contribution in [3.63, 3.8) is 0 Å². The van der Waals surface area contributed by atoms with Crippen molar-refractivity contribution in [2.75, 3.05) is 13.1 Å². The van der Waals surface area contributed by atoms with Crippen molar-refractivity contribution in [1.82, 2.24) is 24.1 Å². The molecule has 1 aliphatic rings. The van der Waals surface area contributed by atoms with Gasteiger partial charge < -0.3 is 0 Å². The Kier molecular flexibility index (Phi) is 4.18. The monoisotopic (exact) mass is 345 g/mol. The summed E-state index contributed by atoms with van der Waals surface area (Å²) in [5.41, 5.74) is 1.73. The smallest absolute Gasteiger partial charge is 0.284 e. The van der Waals surface area contributed by atoms with E-state index < -0.39 is 12.1 Å². The minimum Gasteiger partial charge on any atom is -0.284 e. The van der Waals surface area contributed by atoms with E-state index in [-0.39, 0.29) is 19.6 Å². The van der Waals surface area contributed by atoms with Gasteiger partial charge in [-0.05, 0) is 51.5 Å². The molecule has 0 amide bonds. The molecule has 0 spiro atoms. The first-order chi connectivity index (χ1) is 10.8. The fourth-order valence-electron chi connectivity index (χ4n) is 3.12. The molecule has 9 heteroatoms. The van der Waals surface area contributed by atoms with Gasteiger partial charge in [0.15, 0.2) is 0 Å². The van der Waals surface area contributed by atoms with Crippen molar-refractivity contribution in [2.24, 2.45) is 5.92 Å². The predicted molar refractivity (Wildman–Crippen MR) is 81.6 cm³/mol. The van der Waals surface area contributed by atoms with Gasteiger partial charge in [0.2, 0.25) is 4.77 Å². The average molecular weight is 345 g/mol. The number of aromatic nitrogens is 4. The Balaban J connectivity index is 1.90. The lowest BCUT2D eigenvalue weighted by Gasteiger charge is -2.33. The average Bonchev–Trinajstić information content (AvgIpc) is 2.74. The number of likely N-dealkylation sites (tertiary alicyclic amines) is 1. The SMILES string of the molecule is Cc1cc(C)n2c(n1)nc(=S)n2CN1CCC[C@H](C(F)(F)F)C1. The van der Waals surface area contributed by atoms with Crippen LogP contribution in [0.2, 0.25) is 0 Å². The van der Waals surface area contributed by atoms with Crippen molar-refractivity contribution in [2.45, 2.75) is 39.5 Å². The highest BCUT2D eigenvalue weighted by Gasteiger charge is 2.41. The fraction of sp³-hybridized carbons (Fsp3) is 0.643. The Hall–Kier alpha value is -1.48. The van der Waals surface area contributed by atoms with Crippen LogP contribution in [0.1, 0.15) is 24.2 Å². The predicted octanol–water partition coefficient (Wildman–Crippen LogP) is 3.11. The molecule has 0 bridgehead atoms. The molecular weight excluding hydrogens is 327 g/mol. The van der Waals surface area contributed by atoms with E-state index in [0.29, 0.717) is 23.5 Å². The molecule has 1 saturated heterocycles. The quantitative estimate of drug-likeness (QED) is 0.784. The number of alkyl halides is 3. The van der Waals surface area contributed by atoms with Crippen molar-refractivity contribution in [3.8, 4) is 0 Å². The third kappa shape index (κ3) is 3.25. The van der Waals surface area contributed by atoms with E-state index >= 15 is 0 Å². The lowest BCUT2D eigenvalue weighted by Crippen LogP contribution is -2.42. The van der Waals surface area contributed by atoms with Gasteiger partial charge in [-0.1, -0.05) is 0 Å². The number of fused-ring (bicyclic) bond motifs is 1. The van der Waals surface area contributed by atoms with Gasteiger partial charge in [-0.3, -0.25) is 4.90 Å². The molecule has 0 saturated carbocycles. The maximum Gasteiger partial charge on any atom is 0.393 e. The molecule has 1 atom stereocenters. The summed E-state index contributed by atoms with van der Waals surface area (Å²) in [7, 11) is 0. The molecule has 3 rings (SSSR count). The highest BCUT2D eigenvalue weighted by atomic mass is 32.1. The van der Waals surface area contributed by atoms with Crippen LogP contribution in [0, 0.1) is 24.5 Å². The van der Waals surface area contributed by atoms with Crippen LogP contribution in [0.25, 0.3) is 5.78 Å². The van der Waals surface area contributed by atoms with Gasteiger partial charge in [0.1, 0.15) is 0 Å². The van der Waals surface area contributed by atoms with Crippen LogP contribution in [0.4, 0.5) is 13.2 Å². The van der Waals surface area contributed by atoms with Gasteiger partial charge in [-0.15, -0.1) is 0 Å². The first-order valence-corrected chi connectivity index (χ1v) is 7.89. The van der Waals surface area contributed by atoms with Crippen molar-refractivity contribution in [1.29, 1.82) is 0 Å². The molecule has 23 heavy (non-hydrogen) atoms. The minimum atomic E-state index is -4.14. The Morgan fingerprint density at radius 2 is 2.04 bits per heavy atom. The fourth-order valence-corrected chi connectivity index (χ4v) is 3.34. The van der Waals surface area contributed by atoms with Gasteiger partial charge in [0, 0.05) is 17.9 Å². The molecule has 0 aliphatic carbocycles. The zero-order chi connectivity index (χ0) is 16.8. The normalized spacial score (nSPS) is 20.3. The molecule has 5 nitrogen and oxygen atoms in total. The summed E-state index contributed by atoms with van der Waals surface area (Å²) in [5, 5.41) is 0. The van der Waals surface area contributed by atoms with Crippen LogP contribution in [0.5, 0.6) is 0 Å². The van der Waals surface area contributed by atoms with Crippen molar-refractivity contribution >= 4 is 18.0 Å². The number of hydrogen-bond donors (Lipinski definition) is 0. The number of nitrogens with zero attached hydrogens (tertiary/aromatic N) is 5. The summed E-state index contributed by atoms with van der Waals surface area (Å²) in [5.74, 6) is -0.789. The summed E-state index contributed by atoms with van der Waals surface area (Å²) in [6.07, 6.45) is -3.42. The number of aryl methyl sites for hydroxylation is 2. The van der Waals surface area contributed by atoms with Crippen LogP contribution in [-0.2, 0) is 6.67 Å². The first-order valence-electron chi connectivity index (χ1n) is 7.48. The van der Waals surface area contributed by atoms with E-state index in [4.69, 9.17) is 12.2 Å². The van der Waals surface area contributed by atoms with Gasteiger partial charge in [0.05, 0.1) is 12.6 Å². The van der Waals surface area contributed by atoms with E-state index in [9.17, 15) is 13.2 Å². The summed E-state index contributed by atoms with van der Waals surface area (Å²) in [4.78, 5) is 10.4. The summed E-state index contributed by atoms with van der Waals surface area (Å²) < 4.78 is 42.7. The van der Waals surface area contributed by atoms with E-state index in [0.717, 1.165) is 11.4 Å². The van der Waals surface area contributed by atoms with Crippen LogP contribution >= 0.6 is 12.2 Å². The van der Waals surface area contributed by atoms with E-state index in [1.54, 1.807) is 14.1 Å². The van der Waals surface area contributed by atoms with E-state index in [1.165, 1.54) is 0 Å². The molecule has 1 aliphatic heterocycles. The molecule has 0 aromatic carbocycles. The van der Waals surface area contributed by atoms with Crippen LogP contribution < -0.4 is 0 Å². The Morgan fingerprint density at radius 1 is 1.30 bits per heavy atom. The third-order valence-corrected chi connectivity index (χ3v) is 4.48. The molecule has 0 unspecified atom stereocenters. The van der Waals surface area contributed by atoms with Gasteiger partial charge in [-0.25, -0.2) is 14.2 Å². The van der Waals surface area contributed by atoms with Gasteiger partial charge in [-0.2, -0.15) is 18.2 Å². The number of rotatable bonds is 2. The summed E-state index contributed by atoms with van der Waals surface area (Å²) in [6, 6.07) is 1.90. The van der Waals surface area contributed by atoms with E-state index in [1.807, 2.05) is 19.9 Å². The van der Waals surface area contributed by atoms with Gasteiger partial charge >= 0.3 is 6.18 Å². The second-order valence-electron chi connectivity index (χ2n) is 6.04. The second kappa shape index (κ2) is 5.86. The Bertz CT molecular complexity index is 779. The Morgan fingerprint density at radius 3 is 2.74 bits per heavy atom. The first kappa shape index (κ1) is 16.4. The van der Waals surface area contributed by atoms with Crippen LogP contribution in [0.3, 0.4) is 0 Å². The van der Waals surface area contributed by atoms with Crippen molar-refractivity contribution in [3.05, 3.63) is 22.2 Å². The van der Waals surface area contributed by atoms with Gasteiger partial charge in [0.25, 0.3) is 5.78 Å². The number of hydrogen-bond acceptors (Lipinski definition) is 4. The maximum atomic E-state index is 13.0. The standard InChI is InChI=1S/C14H18F3N5S/c1-9-6-10(2)22-12(18-9)19-13(23)21(22)8-20-5-3-4-11(7-20)14(15,16)17/h6,11H,3-5,7-8H2,1-2H3/t11-/m0/s1. The zero-order valence-corrected chi connectivity index (χ0v) is 13.8. The topological polar surface area (TPSA) is 38.4 Å². The molecular formula is C14H18F3N5S. The summed E-state index contributed by atoms with van der Waals surface area (Å²) >= 11 is 5.27. The third-order valence-electron chi connectivity index (χ3n) is 4.18. The molecule has 2 aromatic heterocycles. The summed E-state index contributed by atoms with van der Waals surface area (Å²) in [6.45, 7) is 4.69. The van der Waals surface area contributed by atoms with Crippen LogP contribution in [-0.4, -0.2) is 43.3 Å². The minimum absolute atomic E-state index is 0.00313. The zero-order valence-electron chi connectivity index (χ0n) is 13.0. The molecule has 0 radical (unpaired) electrons. The molecule has 126 valence electrons.